The van der Waals surface area contributed by atoms with Crippen LogP contribution in [-0.4, -0.2) is 50.3 Å². The average molecular weight is 499 g/mol. The molecule has 0 radical (unpaired) electrons. The van der Waals surface area contributed by atoms with Crippen LogP contribution in [0, 0.1) is 11.6 Å². The summed E-state index contributed by atoms with van der Waals surface area (Å²) in [5.74, 6) is -0.912. The molecule has 5 rings (SSSR count). The first kappa shape index (κ1) is 23.4. The van der Waals surface area contributed by atoms with Crippen LogP contribution in [0.3, 0.4) is 0 Å². The first-order valence-corrected chi connectivity index (χ1v) is 12.0. The second-order valence-electron chi connectivity index (χ2n) is 8.81. The molecule has 35 heavy (non-hydrogen) atoms. The van der Waals surface area contributed by atoms with Crippen LogP contribution in [0.2, 0.25) is 5.02 Å². The SMILES string of the molecule is CCN1CCC(Nc2cc3nc(Cc4cnn(-c5cc(F)cc(F)c5)c4)[nH]c(=O)c3cc2Cl)CC1. The molecule has 0 bridgehead atoms. The molecule has 1 saturated heterocycles. The summed E-state index contributed by atoms with van der Waals surface area (Å²) in [5.41, 5.74) is 2.02. The van der Waals surface area contributed by atoms with Crippen LogP contribution in [0.1, 0.15) is 31.2 Å². The summed E-state index contributed by atoms with van der Waals surface area (Å²) < 4.78 is 28.5. The Kier molecular flexibility index (Phi) is 6.53. The van der Waals surface area contributed by atoms with Gasteiger partial charge in [0.1, 0.15) is 17.5 Å². The smallest absolute Gasteiger partial charge is 0.258 e. The molecular formula is C25H25ClF2N6O. The van der Waals surface area contributed by atoms with E-state index in [9.17, 15) is 13.6 Å². The van der Waals surface area contributed by atoms with Crippen LogP contribution in [-0.2, 0) is 6.42 Å². The van der Waals surface area contributed by atoms with E-state index in [1.165, 1.54) is 16.8 Å². The Labute approximate surface area is 205 Å². The third kappa shape index (κ3) is 5.21. The van der Waals surface area contributed by atoms with Gasteiger partial charge in [0.25, 0.3) is 5.56 Å². The van der Waals surface area contributed by atoms with Gasteiger partial charge in [-0.05, 0) is 49.2 Å². The van der Waals surface area contributed by atoms with Crippen LogP contribution in [0.25, 0.3) is 16.6 Å². The van der Waals surface area contributed by atoms with Gasteiger partial charge in [-0.2, -0.15) is 5.10 Å². The molecule has 1 aliphatic heterocycles. The average Bonchev–Trinajstić information content (AvgIpc) is 3.29. The standard InChI is InChI=1S/C25H25ClF2N6O/c1-2-33-5-3-18(4-6-33)30-23-12-22-20(11-21(23)26)25(35)32-24(31-22)7-15-13-29-34(14-15)19-9-16(27)8-17(28)10-19/h8-14,18,30H,2-7H2,1H3,(H,31,32,35). The molecule has 0 aliphatic carbocycles. The lowest BCUT2D eigenvalue weighted by molar-refractivity contribution is 0.229. The first-order valence-electron chi connectivity index (χ1n) is 11.6. The highest BCUT2D eigenvalue weighted by molar-refractivity contribution is 6.34. The monoisotopic (exact) mass is 498 g/mol. The number of likely N-dealkylation sites (tertiary alicyclic amines) is 1. The van der Waals surface area contributed by atoms with E-state index in [-0.39, 0.29) is 11.2 Å². The molecule has 0 saturated carbocycles. The summed E-state index contributed by atoms with van der Waals surface area (Å²) in [6.07, 6.45) is 5.56. The number of rotatable bonds is 6. The highest BCUT2D eigenvalue weighted by atomic mass is 35.5. The van der Waals surface area contributed by atoms with Crippen molar-refractivity contribution in [3.63, 3.8) is 0 Å². The number of piperidine rings is 1. The van der Waals surface area contributed by atoms with Crippen molar-refractivity contribution in [2.24, 2.45) is 0 Å². The largest absolute Gasteiger partial charge is 0.381 e. The number of halogens is 3. The Hall–Kier alpha value is -3.30. The molecule has 0 atom stereocenters. The van der Waals surface area contributed by atoms with Crippen LogP contribution >= 0.6 is 11.6 Å². The van der Waals surface area contributed by atoms with Crippen molar-refractivity contribution in [3.8, 4) is 5.69 Å². The van der Waals surface area contributed by atoms with Crippen molar-refractivity contribution < 1.29 is 8.78 Å². The molecule has 4 aromatic rings. The fourth-order valence-corrected chi connectivity index (χ4v) is 4.69. The second kappa shape index (κ2) is 9.75. The van der Waals surface area contributed by atoms with E-state index < -0.39 is 11.6 Å². The fourth-order valence-electron chi connectivity index (χ4n) is 4.47. The molecule has 10 heteroatoms. The number of nitrogens with one attached hydrogen (secondary N) is 2. The van der Waals surface area contributed by atoms with Crippen LogP contribution < -0.4 is 10.9 Å². The zero-order valence-corrected chi connectivity index (χ0v) is 19.9. The zero-order chi connectivity index (χ0) is 24.5. The molecule has 2 N–H and O–H groups in total. The van der Waals surface area contributed by atoms with Crippen LogP contribution in [0.5, 0.6) is 0 Å². The number of nitrogens with zero attached hydrogens (tertiary/aromatic N) is 4. The van der Waals surface area contributed by atoms with Gasteiger partial charge in [0.15, 0.2) is 0 Å². The van der Waals surface area contributed by atoms with E-state index in [0.29, 0.717) is 34.2 Å². The number of hydrogen-bond donors (Lipinski definition) is 2. The first-order chi connectivity index (χ1) is 16.9. The van der Waals surface area contributed by atoms with Gasteiger partial charge in [-0.15, -0.1) is 0 Å². The van der Waals surface area contributed by atoms with E-state index in [1.807, 2.05) is 6.07 Å². The zero-order valence-electron chi connectivity index (χ0n) is 19.2. The highest BCUT2D eigenvalue weighted by Crippen LogP contribution is 2.28. The number of benzene rings is 2. The number of hydrogen-bond acceptors (Lipinski definition) is 5. The summed E-state index contributed by atoms with van der Waals surface area (Å²) in [7, 11) is 0. The van der Waals surface area contributed by atoms with Crippen molar-refractivity contribution >= 4 is 28.2 Å². The number of aromatic nitrogens is 4. The van der Waals surface area contributed by atoms with Crippen molar-refractivity contribution in [1.29, 1.82) is 0 Å². The van der Waals surface area contributed by atoms with E-state index in [1.54, 1.807) is 18.5 Å². The van der Waals surface area contributed by atoms with E-state index in [2.05, 4.69) is 32.2 Å². The van der Waals surface area contributed by atoms with E-state index >= 15 is 0 Å². The second-order valence-corrected chi connectivity index (χ2v) is 9.22. The molecule has 2 aromatic carbocycles. The maximum atomic E-state index is 13.6. The third-order valence-electron chi connectivity index (χ3n) is 6.36. The molecule has 1 aliphatic rings. The Morgan fingerprint density at radius 2 is 1.89 bits per heavy atom. The van der Waals surface area contributed by atoms with E-state index in [0.717, 1.165) is 49.8 Å². The Morgan fingerprint density at radius 1 is 1.14 bits per heavy atom. The number of H-pyrrole nitrogens is 1. The minimum atomic E-state index is -0.684. The topological polar surface area (TPSA) is 78.8 Å². The van der Waals surface area contributed by atoms with Gasteiger partial charge in [0.2, 0.25) is 0 Å². The Balaban J connectivity index is 1.38. The number of anilines is 1. The lowest BCUT2D eigenvalue weighted by Gasteiger charge is -2.32. The van der Waals surface area contributed by atoms with Crippen LogP contribution in [0.15, 0.2) is 47.5 Å². The summed E-state index contributed by atoms with van der Waals surface area (Å²) in [5, 5.41) is 8.60. The van der Waals surface area contributed by atoms with Gasteiger partial charge in [-0.1, -0.05) is 18.5 Å². The maximum Gasteiger partial charge on any atom is 0.258 e. The van der Waals surface area contributed by atoms with E-state index in [4.69, 9.17) is 11.6 Å². The molecule has 0 unspecified atom stereocenters. The highest BCUT2D eigenvalue weighted by Gasteiger charge is 2.19. The minimum Gasteiger partial charge on any atom is -0.381 e. The third-order valence-corrected chi connectivity index (χ3v) is 6.67. The number of fused-ring (bicyclic) bond motifs is 1. The quantitative estimate of drug-likeness (QED) is 0.408. The van der Waals surface area contributed by atoms with Gasteiger partial charge in [-0.3, -0.25) is 4.79 Å². The van der Waals surface area contributed by atoms with Crippen molar-refractivity contribution in [1.82, 2.24) is 24.6 Å². The molecule has 0 amide bonds. The lowest BCUT2D eigenvalue weighted by Crippen LogP contribution is -2.38. The molecule has 0 spiro atoms. The van der Waals surface area contributed by atoms with Gasteiger partial charge in [0.05, 0.1) is 33.5 Å². The number of aromatic amines is 1. The molecule has 1 fully saturated rings. The molecular weight excluding hydrogens is 474 g/mol. The molecule has 182 valence electrons. The summed E-state index contributed by atoms with van der Waals surface area (Å²) >= 11 is 6.49. The van der Waals surface area contributed by atoms with Gasteiger partial charge in [-0.25, -0.2) is 18.4 Å². The van der Waals surface area contributed by atoms with Gasteiger partial charge >= 0.3 is 0 Å². The summed E-state index contributed by atoms with van der Waals surface area (Å²) in [6, 6.07) is 6.98. The van der Waals surface area contributed by atoms with Crippen LogP contribution in [0.4, 0.5) is 14.5 Å². The van der Waals surface area contributed by atoms with Crippen molar-refractivity contribution in [2.75, 3.05) is 25.0 Å². The van der Waals surface area contributed by atoms with Gasteiger partial charge < -0.3 is 15.2 Å². The Morgan fingerprint density at radius 3 is 2.60 bits per heavy atom. The lowest BCUT2D eigenvalue weighted by atomic mass is 10.0. The normalized spacial score (nSPS) is 15.1. The summed E-state index contributed by atoms with van der Waals surface area (Å²) in [6.45, 7) is 5.30. The molecule has 3 heterocycles. The molecule has 2 aromatic heterocycles. The maximum absolute atomic E-state index is 13.6. The predicted molar refractivity (Wildman–Crippen MR) is 132 cm³/mol. The van der Waals surface area contributed by atoms with Gasteiger partial charge in [0, 0.05) is 37.8 Å². The molecule has 7 nitrogen and oxygen atoms in total. The predicted octanol–water partition coefficient (Wildman–Crippen LogP) is 4.53. The summed E-state index contributed by atoms with van der Waals surface area (Å²) in [4.78, 5) is 22.6. The van der Waals surface area contributed by atoms with Crippen molar-refractivity contribution in [3.05, 3.63) is 81.1 Å². The Bertz CT molecular complexity index is 1410. The minimum absolute atomic E-state index is 0.267. The van der Waals surface area contributed by atoms with Crippen molar-refractivity contribution in [2.45, 2.75) is 32.2 Å². The fraction of sp³-hybridized carbons (Fsp3) is 0.320.